The number of hydrogen-bond donors (Lipinski definition) is 3. The molecule has 4 N–H and O–H groups in total. The first-order chi connectivity index (χ1) is 7.98. The van der Waals surface area contributed by atoms with E-state index in [1.807, 2.05) is 0 Å². The molecule has 7 heteroatoms. The second-order valence-electron chi connectivity index (χ2n) is 3.01. The Kier molecular flexibility index (Phi) is 4.45. The summed E-state index contributed by atoms with van der Waals surface area (Å²) in [6.07, 6.45) is 0. The highest BCUT2D eigenvalue weighted by Gasteiger charge is 2.08. The maximum Gasteiger partial charge on any atom is 0.298 e. The maximum atomic E-state index is 13.5. The van der Waals surface area contributed by atoms with Crippen LogP contribution in [0.15, 0.2) is 18.2 Å². The Balaban J connectivity index is 2.97. The van der Waals surface area contributed by atoms with Gasteiger partial charge in [-0.15, -0.1) is 0 Å². The fraction of sp³-hybridized carbons (Fsp3) is 0.200. The lowest BCUT2D eigenvalue weighted by atomic mass is 10.2. The molecule has 0 aliphatic rings. The number of rotatable bonds is 3. The highest BCUT2D eigenvalue weighted by Crippen LogP contribution is 2.14. The lowest BCUT2D eigenvalue weighted by molar-refractivity contribution is 0.593. The van der Waals surface area contributed by atoms with Crippen LogP contribution in [0.4, 0.5) is 10.1 Å². The SMILES string of the molecule is CNS(=O)(=O)Nc1ccc(C#CCN)c(F)c1. The van der Waals surface area contributed by atoms with Gasteiger partial charge in [-0.1, -0.05) is 11.8 Å². The smallest absolute Gasteiger partial charge is 0.298 e. The molecule has 1 aromatic carbocycles. The summed E-state index contributed by atoms with van der Waals surface area (Å²) in [5.41, 5.74) is 5.45. The summed E-state index contributed by atoms with van der Waals surface area (Å²) in [5, 5.41) is 0. The van der Waals surface area contributed by atoms with Gasteiger partial charge in [0.15, 0.2) is 0 Å². The third-order valence-electron chi connectivity index (χ3n) is 1.82. The molecule has 0 heterocycles. The third kappa shape index (κ3) is 4.03. The highest BCUT2D eigenvalue weighted by molar-refractivity contribution is 7.90. The molecular formula is C10H12FN3O2S. The van der Waals surface area contributed by atoms with Crippen molar-refractivity contribution in [3.05, 3.63) is 29.6 Å². The van der Waals surface area contributed by atoms with E-state index in [2.05, 4.69) is 21.3 Å². The van der Waals surface area contributed by atoms with Gasteiger partial charge in [0.1, 0.15) is 5.82 Å². The zero-order valence-electron chi connectivity index (χ0n) is 9.12. The molecule has 1 aromatic rings. The minimum Gasteiger partial charge on any atom is -0.320 e. The molecule has 0 aromatic heterocycles. The van der Waals surface area contributed by atoms with E-state index in [9.17, 15) is 12.8 Å². The van der Waals surface area contributed by atoms with Gasteiger partial charge in [-0.05, 0) is 18.2 Å². The molecule has 92 valence electrons. The molecule has 0 atom stereocenters. The second-order valence-corrected chi connectivity index (χ2v) is 4.63. The molecule has 0 saturated carbocycles. The highest BCUT2D eigenvalue weighted by atomic mass is 32.2. The van der Waals surface area contributed by atoms with Gasteiger partial charge in [0.2, 0.25) is 0 Å². The Hall–Kier alpha value is -1.62. The van der Waals surface area contributed by atoms with Crippen molar-refractivity contribution in [3.8, 4) is 11.8 Å². The van der Waals surface area contributed by atoms with Gasteiger partial charge in [-0.3, -0.25) is 4.72 Å². The average molecular weight is 257 g/mol. The first-order valence-corrected chi connectivity index (χ1v) is 6.16. The van der Waals surface area contributed by atoms with Gasteiger partial charge >= 0.3 is 0 Å². The molecular weight excluding hydrogens is 245 g/mol. The van der Waals surface area contributed by atoms with E-state index in [4.69, 9.17) is 5.73 Å². The van der Waals surface area contributed by atoms with Crippen molar-refractivity contribution in [2.45, 2.75) is 0 Å². The fourth-order valence-electron chi connectivity index (χ4n) is 1.03. The van der Waals surface area contributed by atoms with Crippen LogP contribution < -0.4 is 15.2 Å². The summed E-state index contributed by atoms with van der Waals surface area (Å²) in [7, 11) is -2.39. The summed E-state index contributed by atoms with van der Waals surface area (Å²) in [5.74, 6) is 4.44. The zero-order chi connectivity index (χ0) is 12.9. The van der Waals surface area contributed by atoms with E-state index in [-0.39, 0.29) is 17.8 Å². The van der Waals surface area contributed by atoms with Crippen LogP contribution >= 0.6 is 0 Å². The Morgan fingerprint density at radius 3 is 2.71 bits per heavy atom. The van der Waals surface area contributed by atoms with E-state index < -0.39 is 16.0 Å². The molecule has 0 radical (unpaired) electrons. The van der Waals surface area contributed by atoms with Gasteiger partial charge in [0.05, 0.1) is 17.8 Å². The van der Waals surface area contributed by atoms with E-state index in [1.54, 1.807) is 0 Å². The zero-order valence-corrected chi connectivity index (χ0v) is 9.94. The van der Waals surface area contributed by atoms with Crippen molar-refractivity contribution in [3.63, 3.8) is 0 Å². The summed E-state index contributed by atoms with van der Waals surface area (Å²) in [6, 6.07) is 3.85. The lowest BCUT2D eigenvalue weighted by Crippen LogP contribution is -2.26. The largest absolute Gasteiger partial charge is 0.320 e. The number of halogens is 1. The normalized spacial score (nSPS) is 10.5. The average Bonchev–Trinajstić information content (AvgIpc) is 2.27. The fourth-order valence-corrected chi connectivity index (χ4v) is 1.57. The van der Waals surface area contributed by atoms with E-state index in [0.717, 1.165) is 6.07 Å². The van der Waals surface area contributed by atoms with Gasteiger partial charge < -0.3 is 5.73 Å². The minimum atomic E-state index is -3.64. The Morgan fingerprint density at radius 2 is 2.18 bits per heavy atom. The van der Waals surface area contributed by atoms with Crippen molar-refractivity contribution in [1.29, 1.82) is 0 Å². The van der Waals surface area contributed by atoms with E-state index >= 15 is 0 Å². The predicted molar refractivity (Wildman–Crippen MR) is 63.9 cm³/mol. The maximum absolute atomic E-state index is 13.5. The lowest BCUT2D eigenvalue weighted by Gasteiger charge is -2.06. The van der Waals surface area contributed by atoms with Crippen LogP contribution in [0.1, 0.15) is 5.56 Å². The van der Waals surface area contributed by atoms with Crippen molar-refractivity contribution < 1.29 is 12.8 Å². The first kappa shape index (κ1) is 13.4. The first-order valence-electron chi connectivity index (χ1n) is 4.68. The second kappa shape index (κ2) is 5.63. The van der Waals surface area contributed by atoms with Crippen LogP contribution in [0.2, 0.25) is 0 Å². The van der Waals surface area contributed by atoms with Gasteiger partial charge in [-0.2, -0.15) is 8.42 Å². The summed E-state index contributed by atoms with van der Waals surface area (Å²) >= 11 is 0. The van der Waals surface area contributed by atoms with E-state index in [0.29, 0.717) is 0 Å². The number of nitrogens with two attached hydrogens (primary N) is 1. The van der Waals surface area contributed by atoms with Crippen LogP contribution in [0.5, 0.6) is 0 Å². The molecule has 0 spiro atoms. The monoisotopic (exact) mass is 257 g/mol. The quantitative estimate of drug-likeness (QED) is 0.667. The third-order valence-corrected chi connectivity index (χ3v) is 2.86. The number of hydrogen-bond acceptors (Lipinski definition) is 3. The van der Waals surface area contributed by atoms with Crippen LogP contribution in [0, 0.1) is 17.7 Å². The van der Waals surface area contributed by atoms with Gasteiger partial charge in [-0.25, -0.2) is 9.11 Å². The number of anilines is 1. The molecule has 17 heavy (non-hydrogen) atoms. The van der Waals surface area contributed by atoms with Crippen LogP contribution in [0.3, 0.4) is 0 Å². The van der Waals surface area contributed by atoms with Crippen molar-refractivity contribution in [2.24, 2.45) is 5.73 Å². The summed E-state index contributed by atoms with van der Waals surface area (Å²) in [4.78, 5) is 0. The summed E-state index contributed by atoms with van der Waals surface area (Å²) < 4.78 is 39.9. The molecule has 5 nitrogen and oxygen atoms in total. The molecule has 0 aliphatic heterocycles. The van der Waals surface area contributed by atoms with Crippen molar-refractivity contribution >= 4 is 15.9 Å². The Bertz CT molecular complexity index is 561. The van der Waals surface area contributed by atoms with Gasteiger partial charge in [0, 0.05) is 7.05 Å². The number of benzene rings is 1. The standard InChI is InChI=1S/C10H12FN3O2S/c1-13-17(15,16)14-9-5-4-8(3-2-6-12)10(11)7-9/h4-5,7,13-14H,6,12H2,1H3. The molecule has 1 rings (SSSR count). The van der Waals surface area contributed by atoms with Crippen LogP contribution in [0.25, 0.3) is 0 Å². The molecule has 0 unspecified atom stereocenters. The topological polar surface area (TPSA) is 84.2 Å². The minimum absolute atomic E-state index is 0.121. The molecule has 0 saturated heterocycles. The molecule has 0 amide bonds. The van der Waals surface area contributed by atoms with Crippen molar-refractivity contribution in [1.82, 2.24) is 4.72 Å². The molecule has 0 aliphatic carbocycles. The predicted octanol–water partition coefficient (Wildman–Crippen LogP) is 0.0120. The van der Waals surface area contributed by atoms with Crippen molar-refractivity contribution in [2.75, 3.05) is 18.3 Å². The van der Waals surface area contributed by atoms with E-state index in [1.165, 1.54) is 19.2 Å². The van der Waals surface area contributed by atoms with Crippen LogP contribution in [-0.4, -0.2) is 22.0 Å². The van der Waals surface area contributed by atoms with Gasteiger partial charge in [0.25, 0.3) is 10.2 Å². The molecule has 0 fully saturated rings. The Morgan fingerprint density at radius 1 is 1.47 bits per heavy atom. The van der Waals surface area contributed by atoms with Crippen LogP contribution in [-0.2, 0) is 10.2 Å². The Labute approximate surface area is 99.4 Å². The number of nitrogens with one attached hydrogen (secondary N) is 2. The molecule has 0 bridgehead atoms. The summed E-state index contributed by atoms with van der Waals surface area (Å²) in [6.45, 7) is 0.133.